The van der Waals surface area contributed by atoms with Gasteiger partial charge in [0.2, 0.25) is 5.91 Å². The van der Waals surface area contributed by atoms with E-state index in [1.54, 1.807) is 14.2 Å². The smallest absolute Gasteiger partial charge is 0.224 e. The van der Waals surface area contributed by atoms with Crippen LogP contribution < -0.4 is 19.5 Å². The average Bonchev–Trinajstić information content (AvgIpc) is 3.20. The van der Waals surface area contributed by atoms with Gasteiger partial charge in [-0.15, -0.1) is 0 Å². The maximum absolute atomic E-state index is 12.6. The summed E-state index contributed by atoms with van der Waals surface area (Å²) >= 11 is 6.57. The van der Waals surface area contributed by atoms with E-state index < -0.39 is 0 Å². The third-order valence-corrected chi connectivity index (χ3v) is 6.35. The highest BCUT2D eigenvalue weighted by molar-refractivity contribution is 6.32. The number of likely N-dealkylation sites (tertiary alicyclic amines) is 1. The summed E-state index contributed by atoms with van der Waals surface area (Å²) in [5.74, 6) is 2.36. The Labute approximate surface area is 188 Å². The molecule has 2 aromatic carbocycles. The van der Waals surface area contributed by atoms with Gasteiger partial charge < -0.3 is 24.4 Å². The number of hydrogen-bond acceptors (Lipinski definition) is 5. The number of carbonyl (C=O) groups excluding carboxylic acids is 1. The lowest BCUT2D eigenvalue weighted by atomic mass is 9.97. The third-order valence-electron chi connectivity index (χ3n) is 6.07. The highest BCUT2D eigenvalue weighted by atomic mass is 35.5. The summed E-state index contributed by atoms with van der Waals surface area (Å²) < 4.78 is 17.0. The number of fused-ring (bicyclic) bond motifs is 1. The van der Waals surface area contributed by atoms with Gasteiger partial charge in [-0.2, -0.15) is 0 Å². The van der Waals surface area contributed by atoms with Crippen LogP contribution in [-0.2, 0) is 11.2 Å². The molecule has 2 aliphatic heterocycles. The molecule has 0 spiro atoms. The van der Waals surface area contributed by atoms with Gasteiger partial charge in [0.25, 0.3) is 0 Å². The number of halogens is 1. The second-order valence-electron chi connectivity index (χ2n) is 8.30. The van der Waals surface area contributed by atoms with Crippen molar-refractivity contribution in [1.82, 2.24) is 10.2 Å². The normalized spacial score (nSPS) is 20.6. The molecule has 0 radical (unpaired) electrons. The predicted molar refractivity (Wildman–Crippen MR) is 121 cm³/mol. The van der Waals surface area contributed by atoms with Crippen LogP contribution in [0.2, 0.25) is 5.02 Å². The molecule has 1 saturated heterocycles. The van der Waals surface area contributed by atoms with Crippen LogP contribution in [0.25, 0.3) is 11.1 Å². The molecule has 1 N–H and O–H groups in total. The summed E-state index contributed by atoms with van der Waals surface area (Å²) in [5.41, 5.74) is 2.88. The number of hydrogen-bond donors (Lipinski definition) is 1. The van der Waals surface area contributed by atoms with Crippen molar-refractivity contribution in [3.05, 3.63) is 40.9 Å². The Hall–Kier alpha value is -2.44. The average molecular weight is 445 g/mol. The fourth-order valence-electron chi connectivity index (χ4n) is 4.44. The molecule has 0 unspecified atom stereocenters. The molecular formula is C24H29ClN2O4. The first-order valence-corrected chi connectivity index (χ1v) is 11.0. The quantitative estimate of drug-likeness (QED) is 0.734. The largest absolute Gasteiger partial charge is 0.497 e. The summed E-state index contributed by atoms with van der Waals surface area (Å²) in [6.07, 6.45) is 2.58. The maximum Gasteiger partial charge on any atom is 0.224 e. The number of carbonyl (C=O) groups is 1. The number of methoxy groups -OCH3 is 2. The van der Waals surface area contributed by atoms with Gasteiger partial charge in [-0.25, -0.2) is 0 Å². The Morgan fingerprint density at radius 1 is 1.26 bits per heavy atom. The van der Waals surface area contributed by atoms with Crippen molar-refractivity contribution in [2.24, 2.45) is 5.92 Å². The minimum atomic E-state index is -0.125. The van der Waals surface area contributed by atoms with Crippen LogP contribution in [0.15, 0.2) is 30.3 Å². The van der Waals surface area contributed by atoms with E-state index in [0.717, 1.165) is 54.1 Å². The standard InChI is InChI=1S/C24H29ClN2O4/c1-27-8-4-5-15(14-27)24(28)26-13-19-10-17-9-16(11-21(25)23(17)31-19)20-12-18(29-2)6-7-22(20)30-3/h6-7,9,11-12,15,19H,4-5,8,10,13-14H2,1-3H3,(H,26,28)/t15-,19+/m0/s1. The molecule has 2 atom stereocenters. The molecule has 1 amide bonds. The van der Waals surface area contributed by atoms with Gasteiger partial charge in [0.05, 0.1) is 31.7 Å². The number of piperidine rings is 1. The van der Waals surface area contributed by atoms with Crippen molar-refractivity contribution < 1.29 is 19.0 Å². The first-order chi connectivity index (χ1) is 15.0. The third kappa shape index (κ3) is 4.75. The Bertz CT molecular complexity index is 965. The molecule has 2 aliphatic rings. The summed E-state index contributed by atoms with van der Waals surface area (Å²) in [5, 5.41) is 3.63. The lowest BCUT2D eigenvalue weighted by molar-refractivity contribution is -0.126. The first-order valence-electron chi connectivity index (χ1n) is 10.7. The van der Waals surface area contributed by atoms with E-state index in [2.05, 4.69) is 23.3 Å². The fourth-order valence-corrected chi connectivity index (χ4v) is 4.72. The van der Waals surface area contributed by atoms with E-state index in [-0.39, 0.29) is 17.9 Å². The van der Waals surface area contributed by atoms with Crippen molar-refractivity contribution in [3.8, 4) is 28.4 Å². The van der Waals surface area contributed by atoms with Crippen LogP contribution >= 0.6 is 11.6 Å². The second kappa shape index (κ2) is 9.37. The van der Waals surface area contributed by atoms with Crippen molar-refractivity contribution in [2.45, 2.75) is 25.4 Å². The summed E-state index contributed by atoms with van der Waals surface area (Å²) in [6, 6.07) is 9.65. The van der Waals surface area contributed by atoms with Crippen molar-refractivity contribution in [3.63, 3.8) is 0 Å². The number of rotatable bonds is 6. The topological polar surface area (TPSA) is 60.0 Å². The van der Waals surface area contributed by atoms with E-state index in [1.807, 2.05) is 24.3 Å². The second-order valence-corrected chi connectivity index (χ2v) is 8.71. The Kier molecular flexibility index (Phi) is 6.58. The van der Waals surface area contributed by atoms with Crippen LogP contribution in [0.1, 0.15) is 18.4 Å². The van der Waals surface area contributed by atoms with E-state index >= 15 is 0 Å². The molecule has 4 rings (SSSR count). The number of nitrogens with zero attached hydrogens (tertiary/aromatic N) is 1. The zero-order chi connectivity index (χ0) is 22.0. The molecule has 0 aromatic heterocycles. The van der Waals surface area contributed by atoms with Gasteiger partial charge >= 0.3 is 0 Å². The SMILES string of the molecule is COc1ccc(OC)c(-c2cc(Cl)c3c(c2)C[C@H](CNC(=O)[C@H]2CCCN(C)C2)O3)c1. The summed E-state index contributed by atoms with van der Waals surface area (Å²) in [7, 11) is 5.35. The van der Waals surface area contributed by atoms with Crippen molar-refractivity contribution in [1.29, 1.82) is 0 Å². The van der Waals surface area contributed by atoms with E-state index in [0.29, 0.717) is 23.7 Å². The minimum absolute atomic E-state index is 0.0539. The summed E-state index contributed by atoms with van der Waals surface area (Å²) in [6.45, 7) is 2.35. The zero-order valence-electron chi connectivity index (χ0n) is 18.2. The number of benzene rings is 2. The van der Waals surface area contributed by atoms with Crippen LogP contribution in [0.4, 0.5) is 0 Å². The molecule has 2 heterocycles. The highest BCUT2D eigenvalue weighted by Crippen LogP contribution is 2.42. The monoisotopic (exact) mass is 444 g/mol. The molecule has 6 nitrogen and oxygen atoms in total. The molecular weight excluding hydrogens is 416 g/mol. The highest BCUT2D eigenvalue weighted by Gasteiger charge is 2.29. The Morgan fingerprint density at radius 2 is 2.10 bits per heavy atom. The molecule has 2 aromatic rings. The van der Waals surface area contributed by atoms with Gasteiger partial charge in [0.1, 0.15) is 23.4 Å². The van der Waals surface area contributed by atoms with E-state index in [1.165, 1.54) is 0 Å². The van der Waals surface area contributed by atoms with E-state index in [9.17, 15) is 4.79 Å². The molecule has 1 fully saturated rings. The molecule has 166 valence electrons. The maximum atomic E-state index is 12.6. The van der Waals surface area contributed by atoms with Gasteiger partial charge in [-0.05, 0) is 62.3 Å². The van der Waals surface area contributed by atoms with Crippen molar-refractivity contribution in [2.75, 3.05) is 40.9 Å². The molecule has 0 saturated carbocycles. The van der Waals surface area contributed by atoms with Gasteiger partial charge in [-0.3, -0.25) is 4.79 Å². The van der Waals surface area contributed by atoms with Gasteiger partial charge in [0.15, 0.2) is 0 Å². The fraction of sp³-hybridized carbons (Fsp3) is 0.458. The Balaban J connectivity index is 1.46. The van der Waals surface area contributed by atoms with Crippen LogP contribution in [0.5, 0.6) is 17.2 Å². The van der Waals surface area contributed by atoms with Crippen molar-refractivity contribution >= 4 is 17.5 Å². The lowest BCUT2D eigenvalue weighted by Gasteiger charge is -2.29. The van der Waals surface area contributed by atoms with Gasteiger partial charge in [-0.1, -0.05) is 11.6 Å². The first kappa shape index (κ1) is 21.8. The molecule has 31 heavy (non-hydrogen) atoms. The van der Waals surface area contributed by atoms with Crippen LogP contribution in [-0.4, -0.2) is 57.8 Å². The number of ether oxygens (including phenoxy) is 3. The molecule has 0 aliphatic carbocycles. The van der Waals surface area contributed by atoms with Crippen LogP contribution in [0.3, 0.4) is 0 Å². The zero-order valence-corrected chi connectivity index (χ0v) is 19.0. The molecule has 7 heteroatoms. The minimum Gasteiger partial charge on any atom is -0.497 e. The molecule has 0 bridgehead atoms. The van der Waals surface area contributed by atoms with Gasteiger partial charge in [0, 0.05) is 24.1 Å². The number of nitrogens with one attached hydrogen (secondary N) is 1. The number of amides is 1. The van der Waals surface area contributed by atoms with Crippen LogP contribution in [0, 0.1) is 5.92 Å². The summed E-state index contributed by atoms with van der Waals surface area (Å²) in [4.78, 5) is 14.8. The lowest BCUT2D eigenvalue weighted by Crippen LogP contribution is -2.44. The van der Waals surface area contributed by atoms with E-state index in [4.69, 9.17) is 25.8 Å². The predicted octanol–water partition coefficient (Wildman–Crippen LogP) is 3.79. The Morgan fingerprint density at radius 3 is 2.84 bits per heavy atom.